The molecule has 8 heteroatoms. The van der Waals surface area contributed by atoms with E-state index in [0.29, 0.717) is 49.3 Å². The quantitative estimate of drug-likeness (QED) is 0.619. The Morgan fingerprint density at radius 3 is 2.31 bits per heavy atom. The normalized spacial score (nSPS) is 16.2. The van der Waals surface area contributed by atoms with E-state index in [-0.39, 0.29) is 0 Å². The summed E-state index contributed by atoms with van der Waals surface area (Å²) < 4.78 is 32.9. The summed E-state index contributed by atoms with van der Waals surface area (Å²) >= 11 is 0. The fraction of sp³-hybridized carbons (Fsp3) is 0.333. The van der Waals surface area contributed by atoms with Gasteiger partial charge in [-0.1, -0.05) is 35.9 Å². The summed E-state index contributed by atoms with van der Waals surface area (Å²) in [6.45, 7) is 5.04. The molecule has 0 N–H and O–H groups in total. The Kier molecular flexibility index (Phi) is 5.75. The molecule has 1 aromatic heterocycles. The van der Waals surface area contributed by atoms with Crippen LogP contribution >= 0.6 is 0 Å². The summed E-state index contributed by atoms with van der Waals surface area (Å²) in [5, 5.41) is 8.24. The lowest BCUT2D eigenvalue weighted by molar-refractivity contribution is 0.187. The van der Waals surface area contributed by atoms with E-state index in [1.165, 1.54) is 0 Å². The zero-order chi connectivity index (χ0) is 20.3. The highest BCUT2D eigenvalue weighted by Crippen LogP contribution is 2.19. The molecule has 0 saturated carbocycles. The third kappa shape index (κ3) is 4.55. The Hall–Kier alpha value is -2.55. The minimum Gasteiger partial charge on any atom is -0.421 e. The maximum Gasteiger partial charge on any atom is 0.247 e. The monoisotopic (exact) mass is 412 g/mol. The molecule has 2 aromatic carbocycles. The van der Waals surface area contributed by atoms with Crippen molar-refractivity contribution in [3.05, 3.63) is 66.1 Å². The second kappa shape index (κ2) is 8.44. The largest absolute Gasteiger partial charge is 0.421 e. The molecule has 1 aliphatic heterocycles. The standard InChI is InChI=1S/C21H24N4O3S/c1-17-7-9-19(10-8-17)29(26,27)25-15-13-24(14-16-25)12-11-20-22-23-21(28-20)18-5-3-2-4-6-18/h2-10H,11-16H2,1H3. The van der Waals surface area contributed by atoms with Crippen LogP contribution < -0.4 is 0 Å². The van der Waals surface area contributed by atoms with E-state index >= 15 is 0 Å². The fourth-order valence-electron chi connectivity index (χ4n) is 3.36. The third-order valence-corrected chi connectivity index (χ3v) is 7.03. The predicted octanol–water partition coefficient (Wildman–Crippen LogP) is 2.59. The van der Waals surface area contributed by atoms with Crippen LogP contribution in [0.2, 0.25) is 0 Å². The summed E-state index contributed by atoms with van der Waals surface area (Å²) in [6.07, 6.45) is 0.643. The lowest BCUT2D eigenvalue weighted by Gasteiger charge is -2.33. The van der Waals surface area contributed by atoms with E-state index in [1.54, 1.807) is 16.4 Å². The zero-order valence-electron chi connectivity index (χ0n) is 16.4. The molecule has 152 valence electrons. The van der Waals surface area contributed by atoms with Crippen LogP contribution in [0.3, 0.4) is 0 Å². The van der Waals surface area contributed by atoms with Gasteiger partial charge >= 0.3 is 0 Å². The first kappa shape index (κ1) is 19.8. The summed E-state index contributed by atoms with van der Waals surface area (Å²) in [4.78, 5) is 2.59. The molecule has 1 fully saturated rings. The molecular formula is C21H24N4O3S. The second-order valence-electron chi connectivity index (χ2n) is 7.18. The van der Waals surface area contributed by atoms with Gasteiger partial charge in [-0.25, -0.2) is 8.42 Å². The lowest BCUT2D eigenvalue weighted by Crippen LogP contribution is -2.49. The first-order valence-corrected chi connectivity index (χ1v) is 11.1. The number of hydrogen-bond acceptors (Lipinski definition) is 6. The first-order chi connectivity index (χ1) is 14.0. The van der Waals surface area contributed by atoms with Gasteiger partial charge in [-0.15, -0.1) is 10.2 Å². The molecule has 0 atom stereocenters. The van der Waals surface area contributed by atoms with Crippen molar-refractivity contribution in [3.63, 3.8) is 0 Å². The smallest absolute Gasteiger partial charge is 0.247 e. The highest BCUT2D eigenvalue weighted by molar-refractivity contribution is 7.89. The number of hydrogen-bond donors (Lipinski definition) is 0. The van der Waals surface area contributed by atoms with Crippen molar-refractivity contribution in [2.45, 2.75) is 18.2 Å². The number of aromatic nitrogens is 2. The van der Waals surface area contributed by atoms with Crippen LogP contribution in [0.5, 0.6) is 0 Å². The van der Waals surface area contributed by atoms with E-state index in [4.69, 9.17) is 4.42 Å². The molecule has 0 aliphatic carbocycles. The second-order valence-corrected chi connectivity index (χ2v) is 9.11. The fourth-order valence-corrected chi connectivity index (χ4v) is 4.78. The minimum absolute atomic E-state index is 0.357. The number of rotatable bonds is 6. The van der Waals surface area contributed by atoms with E-state index in [1.807, 2.05) is 49.4 Å². The van der Waals surface area contributed by atoms with Gasteiger partial charge in [0.1, 0.15) is 0 Å². The molecule has 0 spiro atoms. The van der Waals surface area contributed by atoms with E-state index in [0.717, 1.165) is 17.7 Å². The van der Waals surface area contributed by atoms with E-state index in [9.17, 15) is 8.42 Å². The number of sulfonamides is 1. The van der Waals surface area contributed by atoms with Crippen LogP contribution in [0, 0.1) is 6.92 Å². The highest BCUT2D eigenvalue weighted by atomic mass is 32.2. The van der Waals surface area contributed by atoms with Crippen molar-refractivity contribution in [2.24, 2.45) is 0 Å². The molecular weight excluding hydrogens is 388 g/mol. The van der Waals surface area contributed by atoms with Gasteiger partial charge in [0.2, 0.25) is 21.8 Å². The minimum atomic E-state index is -3.43. The Balaban J connectivity index is 1.30. The molecule has 3 aromatic rings. The Morgan fingerprint density at radius 2 is 1.62 bits per heavy atom. The van der Waals surface area contributed by atoms with Gasteiger partial charge in [0.25, 0.3) is 0 Å². The van der Waals surface area contributed by atoms with Crippen molar-refractivity contribution in [1.82, 2.24) is 19.4 Å². The molecule has 1 saturated heterocycles. The molecule has 0 unspecified atom stereocenters. The molecule has 2 heterocycles. The summed E-state index contributed by atoms with van der Waals surface area (Å²) in [5.41, 5.74) is 1.95. The first-order valence-electron chi connectivity index (χ1n) is 9.69. The number of piperazine rings is 1. The maximum atomic E-state index is 12.8. The van der Waals surface area contributed by atoms with Gasteiger partial charge in [0.15, 0.2) is 0 Å². The summed E-state index contributed by atoms with van der Waals surface area (Å²) in [7, 11) is -3.43. The zero-order valence-corrected chi connectivity index (χ0v) is 17.2. The topological polar surface area (TPSA) is 79.5 Å². The van der Waals surface area contributed by atoms with Crippen LogP contribution in [-0.4, -0.2) is 60.5 Å². The van der Waals surface area contributed by atoms with Crippen LogP contribution in [0.15, 0.2) is 63.9 Å². The molecule has 0 radical (unpaired) electrons. The molecule has 1 aliphatic rings. The van der Waals surface area contributed by atoms with Crippen molar-refractivity contribution in [2.75, 3.05) is 32.7 Å². The number of benzene rings is 2. The highest BCUT2D eigenvalue weighted by Gasteiger charge is 2.28. The van der Waals surface area contributed by atoms with Crippen molar-refractivity contribution in [1.29, 1.82) is 0 Å². The SMILES string of the molecule is Cc1ccc(S(=O)(=O)N2CCN(CCc3nnc(-c4ccccc4)o3)CC2)cc1. The molecule has 0 amide bonds. The Labute approximate surface area is 171 Å². The molecule has 7 nitrogen and oxygen atoms in total. The van der Waals surface area contributed by atoms with Gasteiger partial charge in [0, 0.05) is 44.7 Å². The number of nitrogens with zero attached hydrogens (tertiary/aromatic N) is 4. The summed E-state index contributed by atoms with van der Waals surface area (Å²) in [5.74, 6) is 1.12. The average Bonchev–Trinajstić information content (AvgIpc) is 3.23. The van der Waals surface area contributed by atoms with Crippen LogP contribution in [0.4, 0.5) is 0 Å². The summed E-state index contributed by atoms with van der Waals surface area (Å²) in [6, 6.07) is 16.7. The van der Waals surface area contributed by atoms with E-state index < -0.39 is 10.0 Å². The Morgan fingerprint density at radius 1 is 0.931 bits per heavy atom. The van der Waals surface area contributed by atoms with Crippen molar-refractivity contribution >= 4 is 10.0 Å². The lowest BCUT2D eigenvalue weighted by atomic mass is 10.2. The predicted molar refractivity (Wildman–Crippen MR) is 110 cm³/mol. The van der Waals surface area contributed by atoms with Gasteiger partial charge in [-0.05, 0) is 31.2 Å². The van der Waals surface area contributed by atoms with Crippen molar-refractivity contribution < 1.29 is 12.8 Å². The van der Waals surface area contributed by atoms with Gasteiger partial charge in [-0.3, -0.25) is 0 Å². The van der Waals surface area contributed by atoms with Gasteiger partial charge in [0.05, 0.1) is 4.90 Å². The van der Waals surface area contributed by atoms with E-state index in [2.05, 4.69) is 15.1 Å². The maximum absolute atomic E-state index is 12.8. The third-order valence-electron chi connectivity index (χ3n) is 5.12. The van der Waals surface area contributed by atoms with Crippen molar-refractivity contribution in [3.8, 4) is 11.5 Å². The molecule has 29 heavy (non-hydrogen) atoms. The Bertz CT molecular complexity index is 1040. The molecule has 4 rings (SSSR count). The van der Waals surface area contributed by atoms with Crippen LogP contribution in [-0.2, 0) is 16.4 Å². The van der Waals surface area contributed by atoms with Gasteiger partial charge < -0.3 is 9.32 Å². The number of aryl methyl sites for hydroxylation is 1. The van der Waals surface area contributed by atoms with Crippen LogP contribution in [0.1, 0.15) is 11.5 Å². The molecule has 0 bridgehead atoms. The average molecular weight is 413 g/mol. The van der Waals surface area contributed by atoms with Crippen LogP contribution in [0.25, 0.3) is 11.5 Å². The van der Waals surface area contributed by atoms with Gasteiger partial charge in [-0.2, -0.15) is 4.31 Å².